The molecule has 0 radical (unpaired) electrons. The number of amides is 1. The molecule has 1 amide bonds. The highest BCUT2D eigenvalue weighted by Crippen LogP contribution is 2.22. The minimum absolute atomic E-state index is 0.0685. The second-order valence-corrected chi connectivity index (χ2v) is 5.28. The molecular weight excluding hydrogens is 274 g/mol. The number of benzene rings is 2. The SMILES string of the molecule is CCC[C@@H](C(=O)NCc1ccccc1OC)c1ccccc1. The molecule has 0 saturated carbocycles. The van der Waals surface area contributed by atoms with Crippen molar-refractivity contribution in [2.45, 2.75) is 32.2 Å². The maximum Gasteiger partial charge on any atom is 0.227 e. The van der Waals surface area contributed by atoms with Crippen LogP contribution >= 0.6 is 0 Å². The van der Waals surface area contributed by atoms with Crippen molar-refractivity contribution in [3.05, 3.63) is 65.7 Å². The van der Waals surface area contributed by atoms with E-state index in [2.05, 4.69) is 12.2 Å². The number of para-hydroxylation sites is 1. The van der Waals surface area contributed by atoms with Crippen LogP contribution in [-0.2, 0) is 11.3 Å². The molecule has 0 bridgehead atoms. The number of methoxy groups -OCH3 is 1. The first-order chi connectivity index (χ1) is 10.8. The van der Waals surface area contributed by atoms with Gasteiger partial charge in [0, 0.05) is 12.1 Å². The van der Waals surface area contributed by atoms with E-state index in [9.17, 15) is 4.79 Å². The van der Waals surface area contributed by atoms with Gasteiger partial charge in [0.15, 0.2) is 0 Å². The standard InChI is InChI=1S/C19H23NO2/c1-3-9-17(15-10-5-4-6-11-15)19(21)20-14-16-12-7-8-13-18(16)22-2/h4-8,10-13,17H,3,9,14H2,1-2H3,(H,20,21)/t17-/m1/s1. The van der Waals surface area contributed by atoms with E-state index in [1.165, 1.54) is 0 Å². The second-order valence-electron chi connectivity index (χ2n) is 5.28. The molecule has 2 rings (SSSR count). The van der Waals surface area contributed by atoms with Crippen LogP contribution in [0.25, 0.3) is 0 Å². The van der Waals surface area contributed by atoms with Gasteiger partial charge in [-0.05, 0) is 18.1 Å². The minimum Gasteiger partial charge on any atom is -0.496 e. The summed E-state index contributed by atoms with van der Waals surface area (Å²) in [6.45, 7) is 2.58. The smallest absolute Gasteiger partial charge is 0.227 e. The van der Waals surface area contributed by atoms with Gasteiger partial charge in [-0.15, -0.1) is 0 Å². The molecule has 0 unspecified atom stereocenters. The summed E-state index contributed by atoms with van der Waals surface area (Å²) in [5.74, 6) is 0.773. The molecule has 0 aliphatic rings. The van der Waals surface area contributed by atoms with Gasteiger partial charge in [0.25, 0.3) is 0 Å². The molecule has 3 heteroatoms. The van der Waals surface area contributed by atoms with E-state index in [4.69, 9.17) is 4.74 Å². The summed E-state index contributed by atoms with van der Waals surface area (Å²) in [5, 5.41) is 3.04. The number of carbonyl (C=O) groups excluding carboxylic acids is 1. The maximum absolute atomic E-state index is 12.6. The average molecular weight is 297 g/mol. The Bertz CT molecular complexity index is 595. The fourth-order valence-electron chi connectivity index (χ4n) is 2.58. The van der Waals surface area contributed by atoms with Crippen LogP contribution < -0.4 is 10.1 Å². The van der Waals surface area contributed by atoms with Crippen LogP contribution in [0.2, 0.25) is 0 Å². The quantitative estimate of drug-likeness (QED) is 0.842. The first-order valence-electron chi connectivity index (χ1n) is 7.70. The molecule has 1 N–H and O–H groups in total. The van der Waals surface area contributed by atoms with Crippen LogP contribution in [0.15, 0.2) is 54.6 Å². The molecule has 0 heterocycles. The van der Waals surface area contributed by atoms with Gasteiger partial charge in [0.05, 0.1) is 13.0 Å². The van der Waals surface area contributed by atoms with Gasteiger partial charge in [-0.1, -0.05) is 61.9 Å². The first-order valence-corrected chi connectivity index (χ1v) is 7.70. The molecule has 0 fully saturated rings. The summed E-state index contributed by atoms with van der Waals surface area (Å²) in [4.78, 5) is 12.6. The van der Waals surface area contributed by atoms with Crippen LogP contribution in [0.4, 0.5) is 0 Å². The summed E-state index contributed by atoms with van der Waals surface area (Å²) in [7, 11) is 1.64. The Labute approximate surface area is 132 Å². The van der Waals surface area contributed by atoms with Crippen LogP contribution in [0.5, 0.6) is 5.75 Å². The molecule has 3 nitrogen and oxygen atoms in total. The number of carbonyl (C=O) groups is 1. The summed E-state index contributed by atoms with van der Waals surface area (Å²) in [6, 6.07) is 17.7. The fraction of sp³-hybridized carbons (Fsp3) is 0.316. The normalized spacial score (nSPS) is 11.7. The Balaban J connectivity index is 2.06. The molecule has 2 aromatic rings. The van der Waals surface area contributed by atoms with Crippen molar-refractivity contribution in [2.75, 3.05) is 7.11 Å². The Morgan fingerprint density at radius 1 is 1.09 bits per heavy atom. The lowest BCUT2D eigenvalue weighted by atomic mass is 9.93. The molecule has 0 aliphatic heterocycles. The molecule has 0 saturated heterocycles. The molecule has 1 atom stereocenters. The lowest BCUT2D eigenvalue weighted by Crippen LogP contribution is -2.29. The van der Waals surface area contributed by atoms with Crippen molar-refractivity contribution < 1.29 is 9.53 Å². The number of ether oxygens (including phenoxy) is 1. The molecule has 2 aromatic carbocycles. The third-order valence-electron chi connectivity index (χ3n) is 3.74. The predicted octanol–water partition coefficient (Wildman–Crippen LogP) is 3.90. The van der Waals surface area contributed by atoms with Gasteiger partial charge in [0.2, 0.25) is 5.91 Å². The van der Waals surface area contributed by atoms with Crippen LogP contribution in [-0.4, -0.2) is 13.0 Å². The second kappa shape index (κ2) is 8.23. The molecule has 0 aliphatic carbocycles. The van der Waals surface area contributed by atoms with E-state index in [0.29, 0.717) is 6.54 Å². The third kappa shape index (κ3) is 4.10. The first kappa shape index (κ1) is 16.1. The van der Waals surface area contributed by atoms with E-state index < -0.39 is 0 Å². The molecule has 22 heavy (non-hydrogen) atoms. The van der Waals surface area contributed by atoms with Gasteiger partial charge >= 0.3 is 0 Å². The lowest BCUT2D eigenvalue weighted by molar-refractivity contribution is -0.122. The largest absolute Gasteiger partial charge is 0.496 e. The Morgan fingerprint density at radius 3 is 2.45 bits per heavy atom. The average Bonchev–Trinajstić information content (AvgIpc) is 2.58. The molecule has 0 spiro atoms. The van der Waals surface area contributed by atoms with Crippen molar-refractivity contribution in [3.8, 4) is 5.75 Å². The zero-order valence-corrected chi connectivity index (χ0v) is 13.2. The number of hydrogen-bond donors (Lipinski definition) is 1. The Morgan fingerprint density at radius 2 is 1.77 bits per heavy atom. The summed E-state index contributed by atoms with van der Waals surface area (Å²) < 4.78 is 5.32. The van der Waals surface area contributed by atoms with Gasteiger partial charge in [0.1, 0.15) is 5.75 Å². The van der Waals surface area contributed by atoms with E-state index in [-0.39, 0.29) is 11.8 Å². The summed E-state index contributed by atoms with van der Waals surface area (Å²) in [5.41, 5.74) is 2.06. The third-order valence-corrected chi connectivity index (χ3v) is 3.74. The van der Waals surface area contributed by atoms with E-state index in [1.54, 1.807) is 7.11 Å². The van der Waals surface area contributed by atoms with Gasteiger partial charge in [-0.3, -0.25) is 4.79 Å². The summed E-state index contributed by atoms with van der Waals surface area (Å²) >= 11 is 0. The van der Waals surface area contributed by atoms with Crippen LogP contribution in [0.1, 0.15) is 36.8 Å². The van der Waals surface area contributed by atoms with E-state index in [1.807, 2.05) is 54.6 Å². The molecule has 0 aromatic heterocycles. The highest BCUT2D eigenvalue weighted by atomic mass is 16.5. The number of rotatable bonds is 7. The van der Waals surface area contributed by atoms with Gasteiger partial charge < -0.3 is 10.1 Å². The van der Waals surface area contributed by atoms with Gasteiger partial charge in [-0.2, -0.15) is 0 Å². The van der Waals surface area contributed by atoms with E-state index >= 15 is 0 Å². The predicted molar refractivity (Wildman–Crippen MR) is 88.9 cm³/mol. The van der Waals surface area contributed by atoms with Gasteiger partial charge in [-0.25, -0.2) is 0 Å². The monoisotopic (exact) mass is 297 g/mol. The zero-order chi connectivity index (χ0) is 15.8. The van der Waals surface area contributed by atoms with Crippen LogP contribution in [0.3, 0.4) is 0 Å². The van der Waals surface area contributed by atoms with Crippen molar-refractivity contribution in [1.82, 2.24) is 5.32 Å². The lowest BCUT2D eigenvalue weighted by Gasteiger charge is -2.17. The maximum atomic E-state index is 12.6. The minimum atomic E-state index is -0.0964. The van der Waals surface area contributed by atoms with Crippen LogP contribution in [0, 0.1) is 0 Å². The van der Waals surface area contributed by atoms with Crippen molar-refractivity contribution in [1.29, 1.82) is 0 Å². The zero-order valence-electron chi connectivity index (χ0n) is 13.2. The fourth-order valence-corrected chi connectivity index (χ4v) is 2.58. The van der Waals surface area contributed by atoms with Crippen molar-refractivity contribution in [2.24, 2.45) is 0 Å². The highest BCUT2D eigenvalue weighted by molar-refractivity contribution is 5.83. The van der Waals surface area contributed by atoms with E-state index in [0.717, 1.165) is 29.7 Å². The topological polar surface area (TPSA) is 38.3 Å². The van der Waals surface area contributed by atoms with Crippen molar-refractivity contribution in [3.63, 3.8) is 0 Å². The Hall–Kier alpha value is -2.29. The molecular formula is C19H23NO2. The highest BCUT2D eigenvalue weighted by Gasteiger charge is 2.19. The molecule has 116 valence electrons. The number of hydrogen-bond acceptors (Lipinski definition) is 2. The van der Waals surface area contributed by atoms with Crippen molar-refractivity contribution >= 4 is 5.91 Å². The number of nitrogens with one attached hydrogen (secondary N) is 1. The summed E-state index contributed by atoms with van der Waals surface area (Å²) in [6.07, 6.45) is 1.82. The Kier molecular flexibility index (Phi) is 6.01.